The zero-order valence-electron chi connectivity index (χ0n) is 11.4. The van der Waals surface area contributed by atoms with Crippen molar-refractivity contribution in [2.75, 3.05) is 5.32 Å². The SMILES string of the molecule is CC(C)n1ncnc1CNc1ccc(Br)c(C(F)(F)F)c1. The Hall–Kier alpha value is -1.57. The van der Waals surface area contributed by atoms with Gasteiger partial charge in [-0.1, -0.05) is 15.9 Å². The molecule has 1 heterocycles. The highest BCUT2D eigenvalue weighted by molar-refractivity contribution is 9.10. The highest BCUT2D eigenvalue weighted by atomic mass is 79.9. The van der Waals surface area contributed by atoms with Crippen LogP contribution in [0.5, 0.6) is 0 Å². The number of anilines is 1. The molecule has 8 heteroatoms. The van der Waals surface area contributed by atoms with Gasteiger partial charge in [-0.2, -0.15) is 18.3 Å². The van der Waals surface area contributed by atoms with E-state index in [0.717, 1.165) is 6.07 Å². The normalized spacial score (nSPS) is 12.0. The summed E-state index contributed by atoms with van der Waals surface area (Å²) in [7, 11) is 0. The van der Waals surface area contributed by atoms with Crippen LogP contribution in [0.15, 0.2) is 29.0 Å². The number of benzene rings is 1. The number of hydrogen-bond donors (Lipinski definition) is 1. The molecule has 2 aromatic rings. The summed E-state index contributed by atoms with van der Waals surface area (Å²) >= 11 is 2.91. The smallest absolute Gasteiger partial charge is 0.378 e. The summed E-state index contributed by atoms with van der Waals surface area (Å²) < 4.78 is 40.2. The Morgan fingerprint density at radius 2 is 2.05 bits per heavy atom. The van der Waals surface area contributed by atoms with Crippen molar-refractivity contribution in [3.63, 3.8) is 0 Å². The first-order valence-electron chi connectivity index (χ1n) is 6.28. The number of nitrogens with zero attached hydrogens (tertiary/aromatic N) is 3. The molecule has 0 atom stereocenters. The zero-order valence-corrected chi connectivity index (χ0v) is 13.0. The van der Waals surface area contributed by atoms with E-state index in [1.165, 1.54) is 12.4 Å². The van der Waals surface area contributed by atoms with Crippen LogP contribution in [-0.4, -0.2) is 14.8 Å². The minimum Gasteiger partial charge on any atom is -0.378 e. The first-order chi connectivity index (χ1) is 9.79. The number of hydrogen-bond acceptors (Lipinski definition) is 3. The fourth-order valence-electron chi connectivity index (χ4n) is 1.87. The molecule has 0 radical (unpaired) electrons. The average Bonchev–Trinajstić information content (AvgIpc) is 2.85. The fraction of sp³-hybridized carbons (Fsp3) is 0.385. The number of aromatic nitrogens is 3. The second kappa shape index (κ2) is 6.05. The van der Waals surface area contributed by atoms with Gasteiger partial charge in [-0.3, -0.25) is 0 Å². The van der Waals surface area contributed by atoms with E-state index in [4.69, 9.17) is 0 Å². The standard InChI is InChI=1S/C13H14BrF3N4/c1-8(2)21-12(19-7-20-21)6-18-9-3-4-11(14)10(5-9)13(15,16)17/h3-5,7-8,18H,6H2,1-2H3. The molecule has 1 N–H and O–H groups in total. The third-order valence-electron chi connectivity index (χ3n) is 2.86. The van der Waals surface area contributed by atoms with Crippen LogP contribution in [0.3, 0.4) is 0 Å². The molecule has 114 valence electrons. The molecule has 0 bridgehead atoms. The van der Waals surface area contributed by atoms with E-state index in [0.29, 0.717) is 18.1 Å². The van der Waals surface area contributed by atoms with Crippen molar-refractivity contribution in [3.8, 4) is 0 Å². The van der Waals surface area contributed by atoms with Crippen molar-refractivity contribution in [3.05, 3.63) is 40.4 Å². The maximum absolute atomic E-state index is 12.8. The molecule has 0 aliphatic heterocycles. The van der Waals surface area contributed by atoms with Gasteiger partial charge >= 0.3 is 6.18 Å². The van der Waals surface area contributed by atoms with Crippen LogP contribution in [0.4, 0.5) is 18.9 Å². The fourth-order valence-corrected chi connectivity index (χ4v) is 2.34. The van der Waals surface area contributed by atoms with Crippen molar-refractivity contribution < 1.29 is 13.2 Å². The predicted octanol–water partition coefficient (Wildman–Crippen LogP) is 4.25. The zero-order chi connectivity index (χ0) is 15.6. The van der Waals surface area contributed by atoms with E-state index in [-0.39, 0.29) is 10.5 Å². The summed E-state index contributed by atoms with van der Waals surface area (Å²) in [6, 6.07) is 4.16. The summed E-state index contributed by atoms with van der Waals surface area (Å²) in [5.41, 5.74) is -0.332. The van der Waals surface area contributed by atoms with Crippen molar-refractivity contribution in [2.45, 2.75) is 32.6 Å². The summed E-state index contributed by atoms with van der Waals surface area (Å²) in [6.45, 7) is 4.22. The molecule has 4 nitrogen and oxygen atoms in total. The molecule has 0 amide bonds. The maximum atomic E-state index is 12.8. The molecule has 0 saturated carbocycles. The third kappa shape index (κ3) is 3.75. The number of rotatable bonds is 4. The van der Waals surface area contributed by atoms with Gasteiger partial charge in [0.05, 0.1) is 12.1 Å². The molecule has 0 aliphatic carbocycles. The Balaban J connectivity index is 2.16. The second-order valence-electron chi connectivity index (χ2n) is 4.76. The summed E-state index contributed by atoms with van der Waals surface area (Å²) in [4.78, 5) is 4.10. The number of nitrogens with one attached hydrogen (secondary N) is 1. The second-order valence-corrected chi connectivity index (χ2v) is 5.61. The van der Waals surface area contributed by atoms with Crippen molar-refractivity contribution in [1.29, 1.82) is 0 Å². The molecule has 0 spiro atoms. The minimum absolute atomic E-state index is 0.0193. The first-order valence-corrected chi connectivity index (χ1v) is 7.07. The van der Waals surface area contributed by atoms with Crippen molar-refractivity contribution >= 4 is 21.6 Å². The van der Waals surface area contributed by atoms with E-state index in [2.05, 4.69) is 31.3 Å². The van der Waals surface area contributed by atoms with Crippen LogP contribution in [0.2, 0.25) is 0 Å². The quantitative estimate of drug-likeness (QED) is 0.883. The lowest BCUT2D eigenvalue weighted by Gasteiger charge is -2.13. The Morgan fingerprint density at radius 1 is 1.33 bits per heavy atom. The Bertz CT molecular complexity index is 622. The van der Waals surface area contributed by atoms with Gasteiger partial charge < -0.3 is 5.32 Å². The van der Waals surface area contributed by atoms with Crippen LogP contribution in [0.25, 0.3) is 0 Å². The van der Waals surface area contributed by atoms with Gasteiger partial charge in [0, 0.05) is 16.2 Å². The summed E-state index contributed by atoms with van der Waals surface area (Å²) in [6.07, 6.45) is -2.96. The molecule has 0 aliphatic rings. The van der Waals surface area contributed by atoms with E-state index in [9.17, 15) is 13.2 Å². The molecular weight excluding hydrogens is 349 g/mol. The Labute approximate surface area is 128 Å². The average molecular weight is 363 g/mol. The lowest BCUT2D eigenvalue weighted by atomic mass is 10.2. The molecular formula is C13H14BrF3N4. The molecule has 1 aromatic carbocycles. The highest BCUT2D eigenvalue weighted by Crippen LogP contribution is 2.36. The first kappa shape index (κ1) is 15.8. The van der Waals surface area contributed by atoms with E-state index < -0.39 is 11.7 Å². The van der Waals surface area contributed by atoms with Crippen LogP contribution >= 0.6 is 15.9 Å². The van der Waals surface area contributed by atoms with E-state index in [1.54, 1.807) is 10.7 Å². The summed E-state index contributed by atoms with van der Waals surface area (Å²) in [5.74, 6) is 0.668. The van der Waals surface area contributed by atoms with Crippen LogP contribution in [0.1, 0.15) is 31.3 Å². The molecule has 0 fully saturated rings. The third-order valence-corrected chi connectivity index (χ3v) is 3.55. The number of halogens is 4. The van der Waals surface area contributed by atoms with Gasteiger partial charge in [0.2, 0.25) is 0 Å². The van der Waals surface area contributed by atoms with Crippen molar-refractivity contribution in [1.82, 2.24) is 14.8 Å². The minimum atomic E-state index is -4.39. The van der Waals surface area contributed by atoms with Gasteiger partial charge in [-0.05, 0) is 32.0 Å². The monoisotopic (exact) mass is 362 g/mol. The lowest BCUT2D eigenvalue weighted by Crippen LogP contribution is -2.12. The highest BCUT2D eigenvalue weighted by Gasteiger charge is 2.33. The predicted molar refractivity (Wildman–Crippen MR) is 76.9 cm³/mol. The Kier molecular flexibility index (Phi) is 4.55. The molecule has 1 aromatic heterocycles. The van der Waals surface area contributed by atoms with Gasteiger partial charge in [-0.15, -0.1) is 0 Å². The molecule has 0 unspecified atom stereocenters. The molecule has 2 rings (SSSR count). The van der Waals surface area contributed by atoms with Crippen LogP contribution < -0.4 is 5.32 Å². The van der Waals surface area contributed by atoms with Crippen molar-refractivity contribution in [2.24, 2.45) is 0 Å². The van der Waals surface area contributed by atoms with Gasteiger partial charge in [0.25, 0.3) is 0 Å². The molecule has 21 heavy (non-hydrogen) atoms. The topological polar surface area (TPSA) is 42.7 Å². The van der Waals surface area contributed by atoms with Gasteiger partial charge in [-0.25, -0.2) is 9.67 Å². The molecule has 0 saturated heterocycles. The van der Waals surface area contributed by atoms with E-state index in [1.807, 2.05) is 13.8 Å². The van der Waals surface area contributed by atoms with Gasteiger partial charge in [0.15, 0.2) is 0 Å². The lowest BCUT2D eigenvalue weighted by molar-refractivity contribution is -0.138. The van der Waals surface area contributed by atoms with Crippen LogP contribution in [0, 0.1) is 0 Å². The largest absolute Gasteiger partial charge is 0.417 e. The van der Waals surface area contributed by atoms with E-state index >= 15 is 0 Å². The Morgan fingerprint density at radius 3 is 2.67 bits per heavy atom. The summed E-state index contributed by atoms with van der Waals surface area (Å²) in [5, 5.41) is 7.01. The number of alkyl halides is 3. The van der Waals surface area contributed by atoms with Crippen LogP contribution in [-0.2, 0) is 12.7 Å². The maximum Gasteiger partial charge on any atom is 0.417 e. The van der Waals surface area contributed by atoms with Gasteiger partial charge in [0.1, 0.15) is 12.2 Å².